The molecule has 0 unspecified atom stereocenters. The molecule has 2 N–H and O–H groups in total. The van der Waals surface area contributed by atoms with Crippen LogP contribution in [0.25, 0.3) is 32.9 Å². The van der Waals surface area contributed by atoms with Crippen molar-refractivity contribution in [2.45, 2.75) is 6.92 Å². The first-order chi connectivity index (χ1) is 19.9. The Morgan fingerprint density at radius 2 is 1.73 bits per heavy atom. The molecule has 0 aliphatic carbocycles. The number of rotatable bonds is 7. The Morgan fingerprint density at radius 3 is 2.51 bits per heavy atom. The van der Waals surface area contributed by atoms with E-state index < -0.39 is 5.82 Å². The molecular formula is C31H24FN5O4. The third-order valence-corrected chi connectivity index (χ3v) is 6.63. The number of ether oxygens (including phenoxy) is 3. The predicted molar refractivity (Wildman–Crippen MR) is 155 cm³/mol. The molecule has 9 nitrogen and oxygen atoms in total. The van der Waals surface area contributed by atoms with E-state index in [1.165, 1.54) is 32.7 Å². The van der Waals surface area contributed by atoms with Gasteiger partial charge in [-0.3, -0.25) is 4.79 Å². The van der Waals surface area contributed by atoms with Crippen LogP contribution in [0.1, 0.15) is 5.56 Å². The first kappa shape index (κ1) is 25.8. The number of halogens is 1. The molecule has 0 atom stereocenters. The van der Waals surface area contributed by atoms with Gasteiger partial charge in [-0.1, -0.05) is 29.8 Å². The van der Waals surface area contributed by atoms with Crippen LogP contribution < -0.4 is 25.0 Å². The molecule has 0 radical (unpaired) electrons. The Kier molecular flexibility index (Phi) is 6.64. The van der Waals surface area contributed by atoms with Crippen molar-refractivity contribution in [3.05, 3.63) is 101 Å². The van der Waals surface area contributed by atoms with Crippen molar-refractivity contribution in [2.75, 3.05) is 19.5 Å². The Hall–Kier alpha value is -5.51. The maximum absolute atomic E-state index is 15.3. The van der Waals surface area contributed by atoms with Gasteiger partial charge in [0.25, 0.3) is 0 Å². The fourth-order valence-corrected chi connectivity index (χ4v) is 4.63. The fraction of sp³-hybridized carbons (Fsp3) is 0.0968. The fourth-order valence-electron chi connectivity index (χ4n) is 4.63. The summed E-state index contributed by atoms with van der Waals surface area (Å²) < 4.78 is 31.8. The Morgan fingerprint density at radius 1 is 0.902 bits per heavy atom. The number of benzene rings is 3. The van der Waals surface area contributed by atoms with E-state index in [0.717, 1.165) is 11.1 Å². The van der Waals surface area contributed by atoms with Gasteiger partial charge in [-0.15, -0.1) is 0 Å². The lowest BCUT2D eigenvalue weighted by Crippen LogP contribution is -2.10. The zero-order chi connectivity index (χ0) is 28.5. The van der Waals surface area contributed by atoms with Gasteiger partial charge in [-0.05, 0) is 36.8 Å². The molecule has 204 valence electrons. The molecule has 3 heterocycles. The van der Waals surface area contributed by atoms with Gasteiger partial charge in [-0.25, -0.2) is 19.3 Å². The number of H-pyrrole nitrogens is 1. The van der Waals surface area contributed by atoms with Gasteiger partial charge in [0.05, 0.1) is 36.0 Å². The van der Waals surface area contributed by atoms with Crippen LogP contribution >= 0.6 is 0 Å². The van der Waals surface area contributed by atoms with E-state index in [9.17, 15) is 4.79 Å². The SMILES string of the molecule is COc1cc2ncnc(Oc3ccc(Nc4nccc5[nH]cc(-c6cccc(C)c6)c(=O)c45)cc3F)c2cc1OC. The van der Waals surface area contributed by atoms with E-state index >= 15 is 4.39 Å². The number of aromatic amines is 1. The van der Waals surface area contributed by atoms with Gasteiger partial charge >= 0.3 is 0 Å². The van der Waals surface area contributed by atoms with E-state index in [4.69, 9.17) is 14.2 Å². The molecule has 0 bridgehead atoms. The highest BCUT2D eigenvalue weighted by atomic mass is 19.1. The molecule has 0 saturated carbocycles. The van der Waals surface area contributed by atoms with Gasteiger partial charge in [0, 0.05) is 35.8 Å². The molecule has 0 saturated heterocycles. The summed E-state index contributed by atoms with van der Waals surface area (Å²) in [6, 6.07) is 17.1. The van der Waals surface area contributed by atoms with E-state index in [-0.39, 0.29) is 17.1 Å². The normalized spacial score (nSPS) is 11.0. The van der Waals surface area contributed by atoms with Crippen LogP contribution in [0.15, 0.2) is 84.2 Å². The smallest absolute Gasteiger partial charge is 0.230 e. The van der Waals surface area contributed by atoms with Gasteiger partial charge < -0.3 is 24.5 Å². The largest absolute Gasteiger partial charge is 0.493 e. The van der Waals surface area contributed by atoms with E-state index in [1.54, 1.807) is 36.7 Å². The van der Waals surface area contributed by atoms with Crippen molar-refractivity contribution in [1.29, 1.82) is 0 Å². The van der Waals surface area contributed by atoms with Crippen molar-refractivity contribution in [2.24, 2.45) is 0 Å². The number of nitrogens with one attached hydrogen (secondary N) is 2. The topological polar surface area (TPSA) is 111 Å². The maximum atomic E-state index is 15.3. The summed E-state index contributed by atoms with van der Waals surface area (Å²) in [5.74, 6) is 0.726. The number of aromatic nitrogens is 4. The molecule has 3 aromatic carbocycles. The molecule has 0 aliphatic heterocycles. The first-order valence-electron chi connectivity index (χ1n) is 12.6. The molecule has 6 rings (SSSR count). The number of pyridine rings is 2. The molecular weight excluding hydrogens is 525 g/mol. The number of hydrogen-bond acceptors (Lipinski definition) is 8. The minimum Gasteiger partial charge on any atom is -0.493 e. The van der Waals surface area contributed by atoms with Gasteiger partial charge in [0.2, 0.25) is 11.3 Å². The Balaban J connectivity index is 1.33. The number of methoxy groups -OCH3 is 2. The average molecular weight is 550 g/mol. The molecule has 10 heteroatoms. The quantitative estimate of drug-likeness (QED) is 0.231. The lowest BCUT2D eigenvalue weighted by atomic mass is 10.0. The summed E-state index contributed by atoms with van der Waals surface area (Å²) in [4.78, 5) is 29.5. The minimum absolute atomic E-state index is 0.0456. The third-order valence-electron chi connectivity index (χ3n) is 6.63. The standard InChI is InChI=1S/C31H24FN5O4/c1-17-5-4-6-18(11-17)21-15-34-23-9-10-33-30(28(23)29(21)38)37-19-7-8-25(22(32)12-19)41-31-20-13-26(39-2)27(40-3)14-24(20)35-16-36-31/h4-16H,1-3H3,(H,33,37)(H,34,38). The molecule has 0 fully saturated rings. The molecule has 0 aliphatic rings. The molecule has 41 heavy (non-hydrogen) atoms. The van der Waals surface area contributed by atoms with Crippen molar-refractivity contribution < 1.29 is 18.6 Å². The third kappa shape index (κ3) is 4.87. The summed E-state index contributed by atoms with van der Waals surface area (Å²) in [5.41, 5.74) is 3.69. The highest BCUT2D eigenvalue weighted by molar-refractivity contribution is 5.93. The second kappa shape index (κ2) is 10.6. The second-order valence-electron chi connectivity index (χ2n) is 9.26. The van der Waals surface area contributed by atoms with E-state index in [2.05, 4.69) is 25.3 Å². The van der Waals surface area contributed by atoms with Crippen LogP contribution in [0.2, 0.25) is 0 Å². The highest BCUT2D eigenvalue weighted by Gasteiger charge is 2.16. The molecule has 0 spiro atoms. The zero-order valence-electron chi connectivity index (χ0n) is 22.4. The molecule has 0 amide bonds. The molecule has 3 aromatic heterocycles. The van der Waals surface area contributed by atoms with Crippen LogP contribution in [0, 0.1) is 12.7 Å². The van der Waals surface area contributed by atoms with Crippen LogP contribution in [-0.2, 0) is 0 Å². The monoisotopic (exact) mass is 549 g/mol. The lowest BCUT2D eigenvalue weighted by molar-refractivity contribution is 0.355. The second-order valence-corrected chi connectivity index (χ2v) is 9.26. The van der Waals surface area contributed by atoms with Crippen LogP contribution in [0.4, 0.5) is 15.9 Å². The van der Waals surface area contributed by atoms with Crippen molar-refractivity contribution >= 4 is 33.3 Å². The predicted octanol–water partition coefficient (Wildman–Crippen LogP) is 6.53. The number of hydrogen-bond donors (Lipinski definition) is 2. The van der Waals surface area contributed by atoms with Crippen LogP contribution in [0.3, 0.4) is 0 Å². The van der Waals surface area contributed by atoms with Gasteiger partial charge in [-0.2, -0.15) is 0 Å². The van der Waals surface area contributed by atoms with E-state index in [0.29, 0.717) is 50.4 Å². The van der Waals surface area contributed by atoms with E-state index in [1.807, 2.05) is 31.2 Å². The Labute approximate surface area is 233 Å². The summed E-state index contributed by atoms with van der Waals surface area (Å²) in [6.07, 6.45) is 4.59. The summed E-state index contributed by atoms with van der Waals surface area (Å²) in [6.45, 7) is 1.97. The Bertz CT molecular complexity index is 1990. The lowest BCUT2D eigenvalue weighted by Gasteiger charge is -2.13. The number of anilines is 2. The first-order valence-corrected chi connectivity index (χ1v) is 12.6. The summed E-state index contributed by atoms with van der Waals surface area (Å²) in [5, 5.41) is 3.97. The van der Waals surface area contributed by atoms with Crippen molar-refractivity contribution in [3.63, 3.8) is 0 Å². The van der Waals surface area contributed by atoms with Crippen LogP contribution in [-0.4, -0.2) is 34.2 Å². The number of aryl methyl sites for hydroxylation is 1. The van der Waals surface area contributed by atoms with Crippen molar-refractivity contribution in [3.8, 4) is 34.3 Å². The highest BCUT2D eigenvalue weighted by Crippen LogP contribution is 2.36. The minimum atomic E-state index is -0.642. The number of nitrogens with zero attached hydrogens (tertiary/aromatic N) is 3. The van der Waals surface area contributed by atoms with Crippen LogP contribution in [0.5, 0.6) is 23.1 Å². The maximum Gasteiger partial charge on any atom is 0.230 e. The zero-order valence-corrected chi connectivity index (χ0v) is 22.4. The average Bonchev–Trinajstić information content (AvgIpc) is 2.98. The van der Waals surface area contributed by atoms with Crippen molar-refractivity contribution in [1.82, 2.24) is 19.9 Å². The summed E-state index contributed by atoms with van der Waals surface area (Å²) >= 11 is 0. The van der Waals surface area contributed by atoms with Gasteiger partial charge in [0.1, 0.15) is 12.1 Å². The van der Waals surface area contributed by atoms with Gasteiger partial charge in [0.15, 0.2) is 23.1 Å². The number of fused-ring (bicyclic) bond motifs is 2. The molecule has 6 aromatic rings. The summed E-state index contributed by atoms with van der Waals surface area (Å²) in [7, 11) is 3.04.